The molecule has 0 nitrogen and oxygen atoms in total. The molecule has 0 heterocycles. The van der Waals surface area contributed by atoms with Crippen molar-refractivity contribution >= 4 is 23.5 Å². The number of hydrogen-bond acceptors (Lipinski definition) is 2. The molecule has 0 aromatic carbocycles. The van der Waals surface area contributed by atoms with Gasteiger partial charge in [-0.05, 0) is 60.5 Å². The first-order valence-corrected chi connectivity index (χ1v) is 13.0. The lowest BCUT2D eigenvalue weighted by Crippen LogP contribution is -1.93. The molecule has 0 rings (SSSR count). The van der Waals surface area contributed by atoms with Gasteiger partial charge in [-0.1, -0.05) is 80.1 Å². The molecule has 0 saturated heterocycles. The van der Waals surface area contributed by atoms with Gasteiger partial charge >= 0.3 is 0 Å². The molecule has 0 unspecified atom stereocenters. The van der Waals surface area contributed by atoms with Crippen molar-refractivity contribution in [3.63, 3.8) is 0 Å². The zero-order chi connectivity index (χ0) is 18.5. The minimum atomic E-state index is 0.876. The van der Waals surface area contributed by atoms with Crippen LogP contribution in [0.15, 0.2) is 0 Å². The Balaban J connectivity index is 0. The lowest BCUT2D eigenvalue weighted by Gasteiger charge is -2.05. The average molecular weight is 377 g/mol. The van der Waals surface area contributed by atoms with Crippen molar-refractivity contribution in [2.45, 2.75) is 106 Å². The van der Waals surface area contributed by atoms with E-state index in [9.17, 15) is 0 Å². The summed E-state index contributed by atoms with van der Waals surface area (Å²) in [4.78, 5) is 0. The third kappa shape index (κ3) is 30.6. The van der Waals surface area contributed by atoms with Crippen molar-refractivity contribution in [1.29, 1.82) is 0 Å². The second kappa shape index (κ2) is 23.7. The third-order valence-electron chi connectivity index (χ3n) is 3.96. The molecule has 2 heteroatoms. The van der Waals surface area contributed by atoms with Crippen molar-refractivity contribution in [2.24, 2.45) is 11.8 Å². The Bertz CT molecular complexity index is 182. The first-order valence-electron chi connectivity index (χ1n) is 10.7. The van der Waals surface area contributed by atoms with Crippen LogP contribution in [0.1, 0.15) is 106 Å². The van der Waals surface area contributed by atoms with Crippen molar-refractivity contribution < 1.29 is 0 Å². The molecule has 0 aliphatic heterocycles. The van der Waals surface area contributed by atoms with Crippen LogP contribution in [-0.2, 0) is 0 Å². The fourth-order valence-corrected chi connectivity index (χ4v) is 4.60. The van der Waals surface area contributed by atoms with E-state index in [0.717, 1.165) is 11.8 Å². The van der Waals surface area contributed by atoms with Gasteiger partial charge in [-0.3, -0.25) is 0 Å². The molecule has 24 heavy (non-hydrogen) atoms. The van der Waals surface area contributed by atoms with Gasteiger partial charge in [0.1, 0.15) is 0 Å². The summed E-state index contributed by atoms with van der Waals surface area (Å²) in [5.41, 5.74) is 0. The highest BCUT2D eigenvalue weighted by Crippen LogP contribution is 2.12. The second-order valence-electron chi connectivity index (χ2n) is 7.71. The maximum absolute atomic E-state index is 2.29. The van der Waals surface area contributed by atoms with Crippen LogP contribution < -0.4 is 0 Å². The van der Waals surface area contributed by atoms with Gasteiger partial charge in [0, 0.05) is 0 Å². The Morgan fingerprint density at radius 1 is 0.500 bits per heavy atom. The van der Waals surface area contributed by atoms with Gasteiger partial charge in [0.25, 0.3) is 0 Å². The van der Waals surface area contributed by atoms with Crippen LogP contribution in [0.5, 0.6) is 0 Å². The molecule has 0 aromatic rings. The Kier molecular flexibility index (Phi) is 26.6. The highest BCUT2D eigenvalue weighted by Gasteiger charge is 1.96. The minimum absolute atomic E-state index is 0.876. The highest BCUT2D eigenvalue weighted by atomic mass is 32.2. The van der Waals surface area contributed by atoms with Crippen molar-refractivity contribution in [3.05, 3.63) is 0 Å². The summed E-state index contributed by atoms with van der Waals surface area (Å²) in [5.74, 6) is 7.25. The first-order chi connectivity index (χ1) is 11.5. The molecule has 0 amide bonds. The average Bonchev–Trinajstić information content (AvgIpc) is 2.53. The molecule has 0 spiro atoms. The zero-order valence-corrected chi connectivity index (χ0v) is 19.5. The quantitative estimate of drug-likeness (QED) is 0.247. The van der Waals surface area contributed by atoms with Gasteiger partial charge in [0.2, 0.25) is 0 Å². The second-order valence-corrected chi connectivity index (χ2v) is 10.2. The summed E-state index contributed by atoms with van der Waals surface area (Å²) in [6.45, 7) is 13.7. The van der Waals surface area contributed by atoms with E-state index in [-0.39, 0.29) is 0 Å². The van der Waals surface area contributed by atoms with E-state index in [0.29, 0.717) is 0 Å². The standard InChI is InChI=1S/C12H26S.C10H22S/c1-3-5-7-9-11-13-12-10-8-6-4-2;1-9(2)5-7-11-8-6-10(3)4/h3-12H2,1-2H3;9-10H,5-8H2,1-4H3. The van der Waals surface area contributed by atoms with Crippen LogP contribution >= 0.6 is 23.5 Å². The topological polar surface area (TPSA) is 0 Å². The maximum atomic E-state index is 2.29. The van der Waals surface area contributed by atoms with E-state index in [4.69, 9.17) is 0 Å². The molecule has 0 aliphatic carbocycles. The first kappa shape index (κ1) is 26.9. The van der Waals surface area contributed by atoms with E-state index in [1.54, 1.807) is 0 Å². The molecule has 148 valence electrons. The van der Waals surface area contributed by atoms with Crippen LogP contribution in [0.2, 0.25) is 0 Å². The van der Waals surface area contributed by atoms with E-state index >= 15 is 0 Å². The van der Waals surface area contributed by atoms with Crippen LogP contribution in [0.25, 0.3) is 0 Å². The van der Waals surface area contributed by atoms with E-state index in [1.165, 1.54) is 87.2 Å². The summed E-state index contributed by atoms with van der Waals surface area (Å²) >= 11 is 4.26. The molecule has 0 radical (unpaired) electrons. The van der Waals surface area contributed by atoms with Crippen LogP contribution in [0, 0.1) is 11.8 Å². The summed E-state index contributed by atoms with van der Waals surface area (Å²) in [7, 11) is 0. The highest BCUT2D eigenvalue weighted by molar-refractivity contribution is 7.99. The smallest absolute Gasteiger partial charge is 0.00651 e. The van der Waals surface area contributed by atoms with E-state index in [2.05, 4.69) is 65.1 Å². The van der Waals surface area contributed by atoms with E-state index in [1.807, 2.05) is 0 Å². The van der Waals surface area contributed by atoms with Crippen LogP contribution in [0.4, 0.5) is 0 Å². The normalized spacial score (nSPS) is 11.0. The Morgan fingerprint density at radius 3 is 1.21 bits per heavy atom. The molecular formula is C22H48S2. The number of unbranched alkanes of at least 4 members (excludes halogenated alkanes) is 6. The predicted octanol–water partition coefficient (Wildman–Crippen LogP) is 8.69. The largest absolute Gasteiger partial charge is 0.162 e. The van der Waals surface area contributed by atoms with Gasteiger partial charge < -0.3 is 0 Å². The number of rotatable bonds is 16. The van der Waals surface area contributed by atoms with Crippen LogP contribution in [0.3, 0.4) is 0 Å². The van der Waals surface area contributed by atoms with Crippen molar-refractivity contribution in [1.82, 2.24) is 0 Å². The van der Waals surface area contributed by atoms with Gasteiger partial charge in [0.05, 0.1) is 0 Å². The monoisotopic (exact) mass is 376 g/mol. The molecule has 0 saturated carbocycles. The Morgan fingerprint density at radius 2 is 0.875 bits per heavy atom. The van der Waals surface area contributed by atoms with Crippen molar-refractivity contribution in [2.75, 3.05) is 23.0 Å². The Hall–Kier alpha value is 0.700. The summed E-state index contributed by atoms with van der Waals surface area (Å²) in [6, 6.07) is 0. The molecule has 0 fully saturated rings. The predicted molar refractivity (Wildman–Crippen MR) is 122 cm³/mol. The van der Waals surface area contributed by atoms with Gasteiger partial charge in [-0.2, -0.15) is 23.5 Å². The number of hydrogen-bond donors (Lipinski definition) is 0. The van der Waals surface area contributed by atoms with E-state index < -0.39 is 0 Å². The molecule has 0 bridgehead atoms. The fourth-order valence-electron chi connectivity index (χ4n) is 2.10. The summed E-state index contributed by atoms with van der Waals surface area (Å²) in [5, 5.41) is 0. The maximum Gasteiger partial charge on any atom is -0.00651 e. The number of thioether (sulfide) groups is 2. The molecule has 0 N–H and O–H groups in total. The summed E-state index contributed by atoms with van der Waals surface area (Å²) < 4.78 is 0. The van der Waals surface area contributed by atoms with Gasteiger partial charge in [-0.15, -0.1) is 0 Å². The van der Waals surface area contributed by atoms with Crippen LogP contribution in [-0.4, -0.2) is 23.0 Å². The molecule has 0 aromatic heterocycles. The molecule has 0 aliphatic rings. The summed E-state index contributed by atoms with van der Waals surface area (Å²) in [6.07, 6.45) is 14.1. The zero-order valence-electron chi connectivity index (χ0n) is 17.9. The molecule has 0 atom stereocenters. The fraction of sp³-hybridized carbons (Fsp3) is 1.00. The molecular weight excluding hydrogens is 328 g/mol. The lowest BCUT2D eigenvalue weighted by atomic mass is 10.2. The Labute approximate surface area is 164 Å². The SMILES string of the molecule is CC(C)CCSCCC(C)C.CCCCCCSCCCCCC. The van der Waals surface area contributed by atoms with Crippen molar-refractivity contribution in [3.8, 4) is 0 Å². The third-order valence-corrected chi connectivity index (χ3v) is 6.17. The van der Waals surface area contributed by atoms with Gasteiger partial charge in [-0.25, -0.2) is 0 Å². The van der Waals surface area contributed by atoms with Gasteiger partial charge in [0.15, 0.2) is 0 Å². The lowest BCUT2D eigenvalue weighted by molar-refractivity contribution is 0.623. The minimum Gasteiger partial charge on any atom is -0.162 e.